The molecule has 2 heterocycles. The summed E-state index contributed by atoms with van der Waals surface area (Å²) in [6, 6.07) is 8.51. The number of aryl methyl sites for hydroxylation is 1. The maximum absolute atomic E-state index is 13.1. The van der Waals surface area contributed by atoms with Crippen LogP contribution in [-0.2, 0) is 7.05 Å². The second-order valence-corrected chi connectivity index (χ2v) is 6.06. The highest BCUT2D eigenvalue weighted by molar-refractivity contribution is 6.29. The Hall–Kier alpha value is -3.94. The number of para-hydroxylation sites is 1. The van der Waals surface area contributed by atoms with E-state index in [-0.39, 0.29) is 39.2 Å². The molecule has 27 heavy (non-hydrogen) atoms. The normalized spacial score (nSPS) is 12.5. The van der Waals surface area contributed by atoms with Crippen LogP contribution in [0.3, 0.4) is 0 Å². The first kappa shape index (κ1) is 16.5. The molecule has 0 bridgehead atoms. The highest BCUT2D eigenvalue weighted by Crippen LogP contribution is 2.36. The molecule has 1 aliphatic rings. The number of hydrogen-bond donors (Lipinski definition) is 0. The van der Waals surface area contributed by atoms with Gasteiger partial charge in [0, 0.05) is 42.7 Å². The van der Waals surface area contributed by atoms with Gasteiger partial charge in [0.1, 0.15) is 5.69 Å². The zero-order valence-corrected chi connectivity index (χ0v) is 14.0. The molecule has 8 nitrogen and oxygen atoms in total. The maximum Gasteiger partial charge on any atom is 0.277 e. The van der Waals surface area contributed by atoms with E-state index in [9.17, 15) is 24.5 Å². The van der Waals surface area contributed by atoms with Gasteiger partial charge in [-0.1, -0.05) is 12.1 Å². The Morgan fingerprint density at radius 3 is 2.44 bits per heavy atom. The highest BCUT2D eigenvalue weighted by Gasteiger charge is 2.35. The lowest BCUT2D eigenvalue weighted by atomic mass is 9.84. The van der Waals surface area contributed by atoms with E-state index in [1.54, 1.807) is 6.07 Å². The van der Waals surface area contributed by atoms with Crippen molar-refractivity contribution in [3.63, 3.8) is 0 Å². The zero-order chi connectivity index (χ0) is 19.3. The van der Waals surface area contributed by atoms with Crippen LogP contribution in [0, 0.1) is 10.1 Å². The van der Waals surface area contributed by atoms with E-state index < -0.39 is 22.0 Å². The molecule has 0 N–H and O–H groups in total. The second-order valence-electron chi connectivity index (χ2n) is 6.06. The van der Waals surface area contributed by atoms with Gasteiger partial charge in [-0.25, -0.2) is 0 Å². The number of hydrogen-bond acceptors (Lipinski definition) is 6. The molecule has 0 saturated carbocycles. The molecule has 8 heteroatoms. The summed E-state index contributed by atoms with van der Waals surface area (Å²) in [6.45, 7) is 0. The molecule has 1 aliphatic carbocycles. The van der Waals surface area contributed by atoms with E-state index in [1.165, 1.54) is 48.3 Å². The first-order valence-corrected chi connectivity index (χ1v) is 7.93. The van der Waals surface area contributed by atoms with Gasteiger partial charge >= 0.3 is 0 Å². The fourth-order valence-electron chi connectivity index (χ4n) is 3.21. The third kappa shape index (κ3) is 2.38. The van der Waals surface area contributed by atoms with Gasteiger partial charge in [0.15, 0.2) is 5.78 Å². The van der Waals surface area contributed by atoms with Crippen molar-refractivity contribution in [2.24, 2.45) is 7.05 Å². The zero-order valence-electron chi connectivity index (χ0n) is 14.0. The average Bonchev–Trinajstić information content (AvgIpc) is 2.67. The van der Waals surface area contributed by atoms with Crippen molar-refractivity contribution in [1.29, 1.82) is 0 Å². The van der Waals surface area contributed by atoms with Crippen molar-refractivity contribution in [3.8, 4) is 11.1 Å². The largest absolute Gasteiger partial charge is 0.318 e. The standard InChI is InChI=1S/C19H11N3O5/c1-21-9-13-12(8-15(21)23)18(24)16-11(6-7-20-17(16)19(13)25)10-4-2-3-5-14(10)22(26)27/h2-9H,1H3. The van der Waals surface area contributed by atoms with E-state index in [0.717, 1.165) is 6.07 Å². The quantitative estimate of drug-likeness (QED) is 0.399. The second kappa shape index (κ2) is 5.80. The molecule has 0 saturated heterocycles. The lowest BCUT2D eigenvalue weighted by molar-refractivity contribution is -0.384. The molecular formula is C19H11N3O5. The molecule has 0 atom stereocenters. The van der Waals surface area contributed by atoms with E-state index >= 15 is 0 Å². The molecule has 132 valence electrons. The predicted molar refractivity (Wildman–Crippen MR) is 94.9 cm³/mol. The van der Waals surface area contributed by atoms with Crippen LogP contribution in [0.25, 0.3) is 11.1 Å². The average molecular weight is 361 g/mol. The van der Waals surface area contributed by atoms with Crippen LogP contribution >= 0.6 is 0 Å². The monoisotopic (exact) mass is 361 g/mol. The Kier molecular flexibility index (Phi) is 3.55. The van der Waals surface area contributed by atoms with Gasteiger partial charge < -0.3 is 4.57 Å². The lowest BCUT2D eigenvalue weighted by Gasteiger charge is -2.19. The van der Waals surface area contributed by atoms with Gasteiger partial charge in [0.05, 0.1) is 21.6 Å². The number of pyridine rings is 2. The first-order chi connectivity index (χ1) is 12.9. The Morgan fingerprint density at radius 2 is 1.70 bits per heavy atom. The number of nitro benzene ring substituents is 1. The van der Waals surface area contributed by atoms with Crippen molar-refractivity contribution in [2.75, 3.05) is 0 Å². The Bertz CT molecular complexity index is 1230. The third-order valence-electron chi connectivity index (χ3n) is 4.50. The van der Waals surface area contributed by atoms with Crippen LogP contribution < -0.4 is 5.56 Å². The van der Waals surface area contributed by atoms with E-state index in [4.69, 9.17) is 0 Å². The molecule has 0 spiro atoms. The van der Waals surface area contributed by atoms with E-state index in [2.05, 4.69) is 4.98 Å². The minimum atomic E-state index is -0.557. The van der Waals surface area contributed by atoms with Gasteiger partial charge in [-0.05, 0) is 12.1 Å². The first-order valence-electron chi connectivity index (χ1n) is 7.93. The Balaban J connectivity index is 2.04. The van der Waals surface area contributed by atoms with Crippen molar-refractivity contribution in [1.82, 2.24) is 9.55 Å². The van der Waals surface area contributed by atoms with Crippen LogP contribution in [0.4, 0.5) is 5.69 Å². The summed E-state index contributed by atoms with van der Waals surface area (Å²) >= 11 is 0. The number of carbonyl (C=O) groups is 2. The molecule has 0 amide bonds. The van der Waals surface area contributed by atoms with Gasteiger partial charge in [0.25, 0.3) is 11.2 Å². The highest BCUT2D eigenvalue weighted by atomic mass is 16.6. The van der Waals surface area contributed by atoms with Crippen molar-refractivity contribution >= 4 is 17.3 Å². The van der Waals surface area contributed by atoms with Crippen molar-refractivity contribution in [3.05, 3.63) is 91.6 Å². The lowest BCUT2D eigenvalue weighted by Crippen LogP contribution is -2.28. The number of aromatic nitrogens is 2. The topological polar surface area (TPSA) is 112 Å². The van der Waals surface area contributed by atoms with Gasteiger partial charge in [-0.15, -0.1) is 0 Å². The van der Waals surface area contributed by atoms with Crippen molar-refractivity contribution in [2.45, 2.75) is 0 Å². The van der Waals surface area contributed by atoms with Crippen molar-refractivity contribution < 1.29 is 14.5 Å². The van der Waals surface area contributed by atoms with Crippen LogP contribution in [0.1, 0.15) is 32.0 Å². The molecule has 2 aromatic heterocycles. The number of ketones is 2. The fraction of sp³-hybridized carbons (Fsp3) is 0.0526. The third-order valence-corrected chi connectivity index (χ3v) is 4.50. The van der Waals surface area contributed by atoms with Gasteiger partial charge in [0.2, 0.25) is 5.78 Å². The predicted octanol–water partition coefficient (Wildman–Crippen LogP) is 2.13. The van der Waals surface area contributed by atoms with E-state index in [0.29, 0.717) is 0 Å². The molecule has 0 aliphatic heterocycles. The summed E-state index contributed by atoms with van der Waals surface area (Å²) in [6.07, 6.45) is 2.64. The Labute approximate surface area is 151 Å². The number of nitrogens with zero attached hydrogens (tertiary/aromatic N) is 3. The SMILES string of the molecule is Cn1cc2c(cc1=O)C(=O)c1c(-c3ccccc3[N+](=O)[O-])ccnc1C2=O. The molecule has 4 rings (SSSR count). The van der Waals surface area contributed by atoms with Gasteiger partial charge in [-0.3, -0.25) is 29.5 Å². The summed E-state index contributed by atoms with van der Waals surface area (Å²) in [5.41, 5.74) is -0.244. The summed E-state index contributed by atoms with van der Waals surface area (Å²) in [7, 11) is 1.48. The molecule has 3 aromatic rings. The number of nitro groups is 1. The summed E-state index contributed by atoms with van der Waals surface area (Å²) < 4.78 is 1.21. The van der Waals surface area contributed by atoms with Crippen LogP contribution in [0.15, 0.2) is 53.6 Å². The smallest absolute Gasteiger partial charge is 0.277 e. The Morgan fingerprint density at radius 1 is 0.963 bits per heavy atom. The minimum absolute atomic E-state index is 0.0246. The summed E-state index contributed by atoms with van der Waals surface area (Å²) in [4.78, 5) is 52.7. The maximum atomic E-state index is 13.1. The number of rotatable bonds is 2. The fourth-order valence-corrected chi connectivity index (χ4v) is 3.21. The molecule has 0 fully saturated rings. The summed E-state index contributed by atoms with van der Waals surface area (Å²) in [5.74, 6) is -1.06. The minimum Gasteiger partial charge on any atom is -0.318 e. The van der Waals surface area contributed by atoms with Crippen LogP contribution in [0.2, 0.25) is 0 Å². The number of carbonyl (C=O) groups excluding carboxylic acids is 2. The summed E-state index contributed by atoms with van der Waals surface area (Å²) in [5, 5.41) is 11.4. The molecule has 1 aromatic carbocycles. The molecular weight excluding hydrogens is 350 g/mol. The molecule has 0 radical (unpaired) electrons. The van der Waals surface area contributed by atoms with E-state index in [1.807, 2.05) is 0 Å². The van der Waals surface area contributed by atoms with Crippen LogP contribution in [0.5, 0.6) is 0 Å². The van der Waals surface area contributed by atoms with Gasteiger partial charge in [-0.2, -0.15) is 0 Å². The number of fused-ring (bicyclic) bond motifs is 2. The van der Waals surface area contributed by atoms with Crippen LogP contribution in [-0.4, -0.2) is 26.0 Å². The molecule has 0 unspecified atom stereocenters. The number of benzene rings is 1.